The van der Waals surface area contributed by atoms with Crippen LogP contribution in [0.4, 0.5) is 5.69 Å². The zero-order valence-electron chi connectivity index (χ0n) is 15.0. The molecule has 0 fully saturated rings. The third kappa shape index (κ3) is 4.48. The third-order valence-electron chi connectivity index (χ3n) is 3.88. The zero-order chi connectivity index (χ0) is 19.2. The average molecular weight is 387 g/mol. The number of nitrogens with zero attached hydrogens (tertiary/aromatic N) is 1. The summed E-state index contributed by atoms with van der Waals surface area (Å²) in [6.07, 6.45) is 1.64. The van der Waals surface area contributed by atoms with E-state index in [2.05, 4.69) is 10.3 Å². The van der Waals surface area contributed by atoms with Gasteiger partial charge >= 0.3 is 0 Å². The summed E-state index contributed by atoms with van der Waals surface area (Å²) in [6, 6.07) is 12.2. The van der Waals surface area contributed by atoms with Crippen LogP contribution in [0.25, 0.3) is 10.9 Å². The molecule has 3 rings (SSSR count). The predicted molar refractivity (Wildman–Crippen MR) is 105 cm³/mol. The van der Waals surface area contributed by atoms with Gasteiger partial charge in [0, 0.05) is 35.5 Å². The highest BCUT2D eigenvalue weighted by Crippen LogP contribution is 2.31. The van der Waals surface area contributed by atoms with E-state index in [9.17, 15) is 4.79 Å². The fourth-order valence-electron chi connectivity index (χ4n) is 2.63. The highest BCUT2D eigenvalue weighted by molar-refractivity contribution is 6.32. The lowest BCUT2D eigenvalue weighted by Gasteiger charge is -2.13. The van der Waals surface area contributed by atoms with E-state index in [0.29, 0.717) is 46.5 Å². The molecule has 27 heavy (non-hydrogen) atoms. The number of carbonyl (C=O) groups excluding carboxylic acids is 1. The maximum absolute atomic E-state index is 12.8. The Morgan fingerprint density at radius 2 is 1.96 bits per heavy atom. The van der Waals surface area contributed by atoms with E-state index in [1.807, 2.05) is 6.07 Å². The first-order chi connectivity index (χ1) is 13.1. The fraction of sp³-hybridized carbons (Fsp3) is 0.200. The van der Waals surface area contributed by atoms with Crippen molar-refractivity contribution >= 4 is 34.1 Å². The lowest BCUT2D eigenvalue weighted by molar-refractivity contribution is 0.102. The molecule has 3 aromatic rings. The van der Waals surface area contributed by atoms with Crippen LogP contribution in [0.2, 0.25) is 5.02 Å². The number of aromatic nitrogens is 1. The quantitative estimate of drug-likeness (QED) is 0.617. The Hall–Kier alpha value is -2.83. The Bertz CT molecular complexity index is 962. The molecule has 1 amide bonds. The molecule has 0 bridgehead atoms. The number of fused-ring (bicyclic) bond motifs is 1. The summed E-state index contributed by atoms with van der Waals surface area (Å²) in [4.78, 5) is 17.1. The van der Waals surface area contributed by atoms with Crippen molar-refractivity contribution in [2.45, 2.75) is 0 Å². The Morgan fingerprint density at radius 3 is 2.74 bits per heavy atom. The SMILES string of the molecule is COCCOc1cc(NC(=O)c2cc(Cl)cc3cccnc23)ccc1OC. The number of hydrogen-bond acceptors (Lipinski definition) is 5. The van der Waals surface area contributed by atoms with Crippen molar-refractivity contribution in [3.05, 3.63) is 59.2 Å². The van der Waals surface area contributed by atoms with E-state index in [1.54, 1.807) is 56.8 Å². The molecular formula is C20H19ClN2O4. The molecule has 0 saturated heterocycles. The van der Waals surface area contributed by atoms with Crippen molar-refractivity contribution in [2.24, 2.45) is 0 Å². The van der Waals surface area contributed by atoms with Crippen molar-refractivity contribution in [3.8, 4) is 11.5 Å². The van der Waals surface area contributed by atoms with Crippen LogP contribution in [0, 0.1) is 0 Å². The third-order valence-corrected chi connectivity index (χ3v) is 4.10. The first-order valence-corrected chi connectivity index (χ1v) is 8.65. The number of rotatable bonds is 7. The molecule has 7 heteroatoms. The second kappa shape index (κ2) is 8.70. The molecule has 0 aliphatic rings. The molecule has 0 saturated carbocycles. The lowest BCUT2D eigenvalue weighted by atomic mass is 10.1. The van der Waals surface area contributed by atoms with Gasteiger partial charge in [0.1, 0.15) is 6.61 Å². The Labute approximate surface area is 162 Å². The molecule has 1 N–H and O–H groups in total. The van der Waals surface area contributed by atoms with Gasteiger partial charge in [-0.3, -0.25) is 9.78 Å². The molecule has 0 unspecified atom stereocenters. The lowest BCUT2D eigenvalue weighted by Crippen LogP contribution is -2.13. The van der Waals surface area contributed by atoms with E-state index >= 15 is 0 Å². The molecule has 0 aliphatic carbocycles. The number of nitrogens with one attached hydrogen (secondary N) is 1. The molecule has 6 nitrogen and oxygen atoms in total. The minimum absolute atomic E-state index is 0.311. The van der Waals surface area contributed by atoms with E-state index < -0.39 is 0 Å². The van der Waals surface area contributed by atoms with Crippen LogP contribution in [0.3, 0.4) is 0 Å². The van der Waals surface area contributed by atoms with Crippen molar-refractivity contribution in [1.82, 2.24) is 4.98 Å². The fourth-order valence-corrected chi connectivity index (χ4v) is 2.86. The van der Waals surface area contributed by atoms with Gasteiger partial charge in [-0.25, -0.2) is 0 Å². The topological polar surface area (TPSA) is 69.7 Å². The van der Waals surface area contributed by atoms with E-state index in [0.717, 1.165) is 5.39 Å². The summed E-state index contributed by atoms with van der Waals surface area (Å²) in [6.45, 7) is 0.813. The standard InChI is InChI=1S/C20H19ClN2O4/c1-25-8-9-27-18-12-15(5-6-17(18)26-2)23-20(24)16-11-14(21)10-13-4-3-7-22-19(13)16/h3-7,10-12H,8-9H2,1-2H3,(H,23,24). The molecule has 0 aliphatic heterocycles. The van der Waals surface area contributed by atoms with Crippen LogP contribution in [0.15, 0.2) is 48.7 Å². The van der Waals surface area contributed by atoms with Crippen LogP contribution in [-0.4, -0.2) is 38.3 Å². The van der Waals surface area contributed by atoms with Gasteiger partial charge in [0.15, 0.2) is 11.5 Å². The number of amides is 1. The van der Waals surface area contributed by atoms with E-state index in [1.165, 1.54) is 0 Å². The summed E-state index contributed by atoms with van der Waals surface area (Å²) < 4.78 is 15.9. The van der Waals surface area contributed by atoms with Gasteiger partial charge in [-0.1, -0.05) is 17.7 Å². The minimum atomic E-state index is -0.311. The number of methoxy groups -OCH3 is 2. The zero-order valence-corrected chi connectivity index (χ0v) is 15.7. The number of benzene rings is 2. The Morgan fingerprint density at radius 1 is 1.11 bits per heavy atom. The maximum Gasteiger partial charge on any atom is 0.257 e. The Kier molecular flexibility index (Phi) is 6.11. The van der Waals surface area contributed by atoms with Crippen LogP contribution >= 0.6 is 11.6 Å². The smallest absolute Gasteiger partial charge is 0.257 e. The van der Waals surface area contributed by atoms with Crippen LogP contribution in [0.5, 0.6) is 11.5 Å². The second-order valence-corrected chi connectivity index (χ2v) is 6.13. The Balaban J connectivity index is 1.87. The highest BCUT2D eigenvalue weighted by atomic mass is 35.5. The van der Waals surface area contributed by atoms with E-state index in [-0.39, 0.29) is 5.91 Å². The number of ether oxygens (including phenoxy) is 3. The van der Waals surface area contributed by atoms with Crippen molar-refractivity contribution in [1.29, 1.82) is 0 Å². The summed E-state index contributed by atoms with van der Waals surface area (Å²) >= 11 is 6.15. The van der Waals surface area contributed by atoms with Crippen molar-refractivity contribution in [3.63, 3.8) is 0 Å². The number of anilines is 1. The normalized spacial score (nSPS) is 10.6. The first-order valence-electron chi connectivity index (χ1n) is 8.28. The monoisotopic (exact) mass is 386 g/mol. The molecule has 0 atom stereocenters. The van der Waals surface area contributed by atoms with Crippen molar-refractivity contribution < 1.29 is 19.0 Å². The largest absolute Gasteiger partial charge is 0.493 e. The van der Waals surface area contributed by atoms with Gasteiger partial charge in [0.25, 0.3) is 5.91 Å². The molecule has 0 radical (unpaired) electrons. The van der Waals surface area contributed by atoms with Gasteiger partial charge in [-0.2, -0.15) is 0 Å². The summed E-state index contributed by atoms with van der Waals surface area (Å²) in [5.41, 5.74) is 1.55. The van der Waals surface area contributed by atoms with Crippen LogP contribution < -0.4 is 14.8 Å². The number of carbonyl (C=O) groups is 1. The van der Waals surface area contributed by atoms with Gasteiger partial charge in [-0.05, 0) is 30.3 Å². The van der Waals surface area contributed by atoms with Gasteiger partial charge in [-0.15, -0.1) is 0 Å². The van der Waals surface area contributed by atoms with Crippen LogP contribution in [-0.2, 0) is 4.74 Å². The number of hydrogen-bond donors (Lipinski definition) is 1. The number of halogens is 1. The van der Waals surface area contributed by atoms with Crippen LogP contribution in [0.1, 0.15) is 10.4 Å². The molecule has 1 aromatic heterocycles. The molecule has 2 aromatic carbocycles. The molecule has 140 valence electrons. The molecule has 0 spiro atoms. The summed E-state index contributed by atoms with van der Waals surface area (Å²) in [7, 11) is 3.15. The second-order valence-electron chi connectivity index (χ2n) is 5.69. The molecule has 1 heterocycles. The summed E-state index contributed by atoms with van der Waals surface area (Å²) in [5, 5.41) is 4.13. The highest BCUT2D eigenvalue weighted by Gasteiger charge is 2.14. The van der Waals surface area contributed by atoms with Gasteiger partial charge in [0.05, 0.1) is 24.8 Å². The van der Waals surface area contributed by atoms with Gasteiger partial charge in [0.2, 0.25) is 0 Å². The van der Waals surface area contributed by atoms with Gasteiger partial charge < -0.3 is 19.5 Å². The minimum Gasteiger partial charge on any atom is -0.493 e. The number of pyridine rings is 1. The van der Waals surface area contributed by atoms with Crippen molar-refractivity contribution in [2.75, 3.05) is 32.8 Å². The summed E-state index contributed by atoms with van der Waals surface area (Å²) in [5.74, 6) is 0.773. The average Bonchev–Trinajstić information content (AvgIpc) is 2.67. The first kappa shape index (κ1) is 18.9. The predicted octanol–water partition coefficient (Wildman–Crippen LogP) is 4.17. The maximum atomic E-state index is 12.8. The molecular weight excluding hydrogens is 368 g/mol. The van der Waals surface area contributed by atoms with E-state index in [4.69, 9.17) is 25.8 Å².